The predicted octanol–water partition coefficient (Wildman–Crippen LogP) is 4.25. The zero-order valence-corrected chi connectivity index (χ0v) is 13.9. The molecule has 2 N–H and O–H groups in total. The number of aliphatic hydroxyl groups is 1. The van der Waals surface area contributed by atoms with Crippen molar-refractivity contribution in [3.8, 4) is 0 Å². The third kappa shape index (κ3) is 3.24. The van der Waals surface area contributed by atoms with Crippen LogP contribution in [0.25, 0.3) is 0 Å². The van der Waals surface area contributed by atoms with Crippen molar-refractivity contribution in [1.29, 1.82) is 0 Å². The summed E-state index contributed by atoms with van der Waals surface area (Å²) in [4.78, 5) is 11.4. The van der Waals surface area contributed by atoms with E-state index in [9.17, 15) is 41.4 Å². The van der Waals surface area contributed by atoms with Gasteiger partial charge in [0.15, 0.2) is 0 Å². The van der Waals surface area contributed by atoms with Crippen molar-refractivity contribution in [2.45, 2.75) is 57.5 Å². The third-order valence-electron chi connectivity index (χ3n) is 6.33. The fourth-order valence-corrected chi connectivity index (χ4v) is 5.19. The molecule has 0 aliphatic heterocycles. The number of hydrogen-bond acceptors (Lipinski definition) is 2. The molecule has 0 saturated heterocycles. The predicted molar refractivity (Wildman–Crippen MR) is 75.5 cm³/mol. The first-order valence-electron chi connectivity index (χ1n) is 8.33. The molecule has 2 rings (SSSR count). The van der Waals surface area contributed by atoms with Gasteiger partial charge in [0.1, 0.15) is 0 Å². The summed E-state index contributed by atoms with van der Waals surface area (Å²) in [5, 5.41) is 18.7. The number of fused-ring (bicyclic) bond motifs is 2. The summed E-state index contributed by atoms with van der Waals surface area (Å²) < 4.78 is 77.5. The Labute approximate surface area is 141 Å². The average Bonchev–Trinajstić information content (AvgIpc) is 2.96. The Morgan fingerprint density at radius 2 is 1.64 bits per heavy atom. The standard InChI is InChI=1S/C16H22F6O3/c1-3-10(13(23)24)12-7(2)11-5-8(12)4-9(11)6-14(25,15(17,18)19)16(20,21)22/h7-12,25H,3-6H2,1-2H3,(H,23,24). The van der Waals surface area contributed by atoms with Crippen molar-refractivity contribution < 1.29 is 41.4 Å². The largest absolute Gasteiger partial charge is 0.481 e. The van der Waals surface area contributed by atoms with Gasteiger partial charge >= 0.3 is 18.3 Å². The Kier molecular flexibility index (Phi) is 5.13. The number of carboxylic acids is 1. The quantitative estimate of drug-likeness (QED) is 0.706. The minimum Gasteiger partial charge on any atom is -0.481 e. The van der Waals surface area contributed by atoms with Gasteiger partial charge in [-0.05, 0) is 55.3 Å². The minimum absolute atomic E-state index is 0.0952. The van der Waals surface area contributed by atoms with Crippen LogP contribution in [0.4, 0.5) is 26.3 Å². The van der Waals surface area contributed by atoms with Crippen LogP contribution in [0, 0.1) is 35.5 Å². The van der Waals surface area contributed by atoms with Crippen LogP contribution in [0.2, 0.25) is 0 Å². The molecule has 0 aromatic heterocycles. The Bertz CT molecular complexity index is 499. The lowest BCUT2D eigenvalue weighted by Crippen LogP contribution is -2.58. The molecule has 2 fully saturated rings. The van der Waals surface area contributed by atoms with Gasteiger partial charge in [-0.25, -0.2) is 0 Å². The molecule has 6 atom stereocenters. The molecule has 0 aromatic rings. The normalized spacial score (nSPS) is 34.4. The minimum atomic E-state index is -5.80. The molecule has 25 heavy (non-hydrogen) atoms. The summed E-state index contributed by atoms with van der Waals surface area (Å²) in [6.07, 6.45) is -12.1. The van der Waals surface area contributed by atoms with Gasteiger partial charge in [-0.2, -0.15) is 26.3 Å². The Balaban J connectivity index is 2.20. The van der Waals surface area contributed by atoms with Gasteiger partial charge in [-0.1, -0.05) is 13.8 Å². The van der Waals surface area contributed by atoms with Gasteiger partial charge in [0.2, 0.25) is 0 Å². The van der Waals surface area contributed by atoms with E-state index in [4.69, 9.17) is 0 Å². The lowest BCUT2D eigenvalue weighted by molar-refractivity contribution is -0.373. The number of hydrogen-bond donors (Lipinski definition) is 2. The van der Waals surface area contributed by atoms with E-state index >= 15 is 0 Å². The summed E-state index contributed by atoms with van der Waals surface area (Å²) in [6, 6.07) is 0. The number of carboxylic acid groups (broad SMARTS) is 1. The summed E-state index contributed by atoms with van der Waals surface area (Å²) in [6.45, 7) is 3.41. The zero-order chi connectivity index (χ0) is 19.4. The fraction of sp³-hybridized carbons (Fsp3) is 0.938. The SMILES string of the molecule is CCC(C(=O)O)C1C2CC(CC(O)(C(F)(F)F)C(F)(F)F)C(C2)C1C. The molecule has 2 aliphatic rings. The van der Waals surface area contributed by atoms with E-state index in [2.05, 4.69) is 0 Å². The Morgan fingerprint density at radius 1 is 1.12 bits per heavy atom. The van der Waals surface area contributed by atoms with Gasteiger partial charge in [-0.15, -0.1) is 0 Å². The molecule has 0 radical (unpaired) electrons. The van der Waals surface area contributed by atoms with Crippen LogP contribution in [0.1, 0.15) is 39.5 Å². The first kappa shape index (κ1) is 20.3. The van der Waals surface area contributed by atoms with Crippen molar-refractivity contribution in [2.75, 3.05) is 0 Å². The van der Waals surface area contributed by atoms with Gasteiger partial charge < -0.3 is 10.2 Å². The van der Waals surface area contributed by atoms with Gasteiger partial charge in [0, 0.05) is 0 Å². The smallest absolute Gasteiger partial charge is 0.426 e. The maximum atomic E-state index is 12.9. The molecular formula is C16H22F6O3. The van der Waals surface area contributed by atoms with Gasteiger partial charge in [0.25, 0.3) is 5.60 Å². The van der Waals surface area contributed by atoms with Crippen molar-refractivity contribution in [3.63, 3.8) is 0 Å². The molecule has 3 nitrogen and oxygen atoms in total. The van der Waals surface area contributed by atoms with Gasteiger partial charge in [0.05, 0.1) is 5.92 Å². The second kappa shape index (κ2) is 6.32. The van der Waals surface area contributed by atoms with Crippen LogP contribution in [-0.2, 0) is 4.79 Å². The molecule has 0 aromatic carbocycles. The van der Waals surface area contributed by atoms with Crippen molar-refractivity contribution in [2.24, 2.45) is 35.5 Å². The van der Waals surface area contributed by atoms with Crippen LogP contribution in [0.3, 0.4) is 0 Å². The van der Waals surface area contributed by atoms with Crippen molar-refractivity contribution in [1.82, 2.24) is 0 Å². The van der Waals surface area contributed by atoms with E-state index in [0.29, 0.717) is 12.8 Å². The van der Waals surface area contributed by atoms with Gasteiger partial charge in [-0.3, -0.25) is 4.79 Å². The summed E-state index contributed by atoms with van der Waals surface area (Å²) in [5.41, 5.74) is -4.72. The maximum absolute atomic E-state index is 12.9. The third-order valence-corrected chi connectivity index (χ3v) is 6.33. The van der Waals surface area contributed by atoms with E-state index in [0.717, 1.165) is 0 Å². The second-order valence-electron chi connectivity index (χ2n) is 7.50. The van der Waals surface area contributed by atoms with E-state index < -0.39 is 48.1 Å². The lowest BCUT2D eigenvalue weighted by atomic mass is 9.67. The molecule has 6 unspecified atom stereocenters. The first-order chi connectivity index (χ1) is 11.2. The highest BCUT2D eigenvalue weighted by molar-refractivity contribution is 5.70. The highest BCUT2D eigenvalue weighted by Gasteiger charge is 2.71. The zero-order valence-electron chi connectivity index (χ0n) is 13.9. The lowest BCUT2D eigenvalue weighted by Gasteiger charge is -2.40. The molecule has 146 valence electrons. The molecule has 2 bridgehead atoms. The number of aliphatic carboxylic acids is 1. The molecule has 0 amide bonds. The van der Waals surface area contributed by atoms with E-state index in [-0.39, 0.29) is 24.2 Å². The molecular weight excluding hydrogens is 354 g/mol. The molecule has 2 saturated carbocycles. The highest BCUT2D eigenvalue weighted by Crippen LogP contribution is 2.61. The molecule has 9 heteroatoms. The van der Waals surface area contributed by atoms with Crippen molar-refractivity contribution in [3.05, 3.63) is 0 Å². The topological polar surface area (TPSA) is 57.5 Å². The molecule has 0 spiro atoms. The number of alkyl halides is 6. The monoisotopic (exact) mass is 376 g/mol. The molecule has 2 aliphatic carbocycles. The van der Waals surface area contributed by atoms with Crippen LogP contribution in [0.5, 0.6) is 0 Å². The van der Waals surface area contributed by atoms with E-state index in [1.807, 2.05) is 0 Å². The van der Waals surface area contributed by atoms with E-state index in [1.165, 1.54) is 0 Å². The fourth-order valence-electron chi connectivity index (χ4n) is 5.19. The summed E-state index contributed by atoms with van der Waals surface area (Å²) >= 11 is 0. The number of halogens is 6. The average molecular weight is 376 g/mol. The Hall–Kier alpha value is -0.990. The summed E-state index contributed by atoms with van der Waals surface area (Å²) in [7, 11) is 0. The van der Waals surface area contributed by atoms with Crippen LogP contribution >= 0.6 is 0 Å². The highest BCUT2D eigenvalue weighted by atomic mass is 19.4. The molecule has 0 heterocycles. The van der Waals surface area contributed by atoms with E-state index in [1.54, 1.807) is 13.8 Å². The number of rotatable bonds is 5. The first-order valence-corrected chi connectivity index (χ1v) is 8.33. The van der Waals surface area contributed by atoms with Crippen molar-refractivity contribution >= 4 is 5.97 Å². The van der Waals surface area contributed by atoms with Crippen LogP contribution < -0.4 is 0 Å². The van der Waals surface area contributed by atoms with Crippen LogP contribution in [0.15, 0.2) is 0 Å². The maximum Gasteiger partial charge on any atom is 0.426 e. The summed E-state index contributed by atoms with van der Waals surface area (Å²) in [5.74, 6) is -3.71. The van der Waals surface area contributed by atoms with Crippen LogP contribution in [-0.4, -0.2) is 34.1 Å². The Morgan fingerprint density at radius 3 is 2.00 bits per heavy atom. The second-order valence-corrected chi connectivity index (χ2v) is 7.50. The number of carbonyl (C=O) groups is 1.